The lowest BCUT2D eigenvalue weighted by atomic mass is 10.1. The molecule has 0 aliphatic rings. The Kier molecular flexibility index (Phi) is 12.2. The van der Waals surface area contributed by atoms with Gasteiger partial charge in [-0.15, -0.1) is 0 Å². The Morgan fingerprint density at radius 2 is 1.36 bits per heavy atom. The second kappa shape index (κ2) is 15.6. The summed E-state index contributed by atoms with van der Waals surface area (Å²) in [5, 5.41) is 50.2. The number of nitro groups is 2. The molecule has 0 saturated heterocycles. The van der Waals surface area contributed by atoms with Gasteiger partial charge >= 0.3 is 17.6 Å². The van der Waals surface area contributed by atoms with E-state index in [0.717, 1.165) is 11.9 Å². The van der Waals surface area contributed by atoms with E-state index < -0.39 is 44.4 Å². The smallest absolute Gasteiger partial charge is 0.416 e. The van der Waals surface area contributed by atoms with Crippen molar-refractivity contribution >= 4 is 81.1 Å². The summed E-state index contributed by atoms with van der Waals surface area (Å²) in [4.78, 5) is 19.7. The zero-order valence-corrected chi connectivity index (χ0v) is 26.4. The molecule has 0 atom stereocenters. The van der Waals surface area contributed by atoms with Gasteiger partial charge in [0.2, 0.25) is 5.69 Å². The van der Waals surface area contributed by atoms with Crippen molar-refractivity contribution in [3.63, 3.8) is 0 Å². The molecule has 4 N–H and O–H groups in total. The number of nitro benzene ring substituents is 2. The Balaban J connectivity index is 0.000000274. The average Bonchev–Trinajstić information content (AvgIpc) is 3.00. The first-order valence-corrected chi connectivity index (χ1v) is 14.1. The van der Waals surface area contributed by atoms with Crippen LogP contribution in [-0.4, -0.2) is 32.0 Å². The van der Waals surface area contributed by atoms with Gasteiger partial charge < -0.3 is 10.2 Å². The minimum Gasteiger partial charge on any atom is -0.506 e. The number of hydrogen-bond acceptors (Lipinski definition) is 10. The number of rotatable bonds is 8. The number of anilines is 2. The van der Waals surface area contributed by atoms with Crippen molar-refractivity contribution in [2.24, 2.45) is 10.2 Å². The van der Waals surface area contributed by atoms with E-state index in [1.165, 1.54) is 18.2 Å². The summed E-state index contributed by atoms with van der Waals surface area (Å²) in [5.41, 5.74) is 1.87. The van der Waals surface area contributed by atoms with Crippen LogP contribution in [0.25, 0.3) is 0 Å². The molecular weight excluding hydrogens is 715 g/mol. The molecule has 0 aliphatic heterocycles. The highest BCUT2D eigenvalue weighted by Gasteiger charge is 2.37. The topological polar surface area (TPSA) is 176 Å². The summed E-state index contributed by atoms with van der Waals surface area (Å²) >= 11 is 23.2. The third-order valence-corrected chi connectivity index (χ3v) is 6.81. The molecule has 0 unspecified atom stereocenters. The predicted octanol–water partition coefficient (Wildman–Crippen LogP) is 9.52. The lowest BCUT2D eigenvalue weighted by Gasteiger charge is -2.09. The van der Waals surface area contributed by atoms with E-state index in [9.17, 15) is 43.6 Å². The highest BCUT2D eigenvalue weighted by atomic mass is 35.5. The second-order valence-corrected chi connectivity index (χ2v) is 10.7. The van der Waals surface area contributed by atoms with E-state index in [2.05, 4.69) is 15.6 Å². The van der Waals surface area contributed by atoms with E-state index in [1.807, 2.05) is 35.8 Å². The lowest BCUT2D eigenvalue weighted by molar-refractivity contribution is -0.392. The maximum absolute atomic E-state index is 12.9. The third-order valence-electron chi connectivity index (χ3n) is 5.80. The van der Waals surface area contributed by atoms with Crippen LogP contribution in [0.5, 0.6) is 11.5 Å². The van der Waals surface area contributed by atoms with E-state index in [1.54, 1.807) is 13.0 Å². The molecular formula is C28H19Cl4F3N6O6. The fourth-order valence-electron chi connectivity index (χ4n) is 3.59. The number of alkyl halides is 3. The standard InChI is InChI=1S/C14H7Cl2F3N4O5.C14H12Cl2N2O/c15-8-1-6(13(24)9(16)4-8)5-20-21-12-10(22(25)26)2-7(14(17,18)19)3-11(12)23(27)28;1-9(17-18-11-5-3-2-4-6-11)12-7-10(15)8-13(16)14(12)19/h1-5,21,24H;2-8,18-19H,1H3/b20-5+;17-9+. The van der Waals surface area contributed by atoms with Crippen molar-refractivity contribution in [1.29, 1.82) is 0 Å². The summed E-state index contributed by atoms with van der Waals surface area (Å²) in [6.45, 7) is 1.76. The molecule has 0 aliphatic carbocycles. The summed E-state index contributed by atoms with van der Waals surface area (Å²) in [7, 11) is 0. The van der Waals surface area contributed by atoms with Gasteiger partial charge in [-0.2, -0.15) is 23.4 Å². The Hall–Kier alpha value is -4.83. The van der Waals surface area contributed by atoms with Gasteiger partial charge in [0, 0.05) is 33.3 Å². The average molecular weight is 734 g/mol. The minimum absolute atomic E-state index is 0.0258. The van der Waals surface area contributed by atoms with Crippen LogP contribution in [0.1, 0.15) is 23.6 Å². The summed E-state index contributed by atoms with van der Waals surface area (Å²) in [6, 6.07) is 15.3. The first-order valence-electron chi connectivity index (χ1n) is 12.5. The maximum atomic E-state index is 12.9. The number of benzene rings is 4. The first-order chi connectivity index (χ1) is 22.0. The second-order valence-electron chi connectivity index (χ2n) is 9.06. The van der Waals surface area contributed by atoms with Gasteiger partial charge in [0.1, 0.15) is 11.5 Å². The minimum atomic E-state index is -5.04. The number of hydrazone groups is 2. The molecule has 4 rings (SSSR count). The molecule has 4 aromatic rings. The Bertz CT molecular complexity index is 1840. The van der Waals surface area contributed by atoms with Crippen LogP contribution < -0.4 is 10.9 Å². The number of halogens is 7. The highest BCUT2D eigenvalue weighted by Crippen LogP contribution is 2.41. The quantitative estimate of drug-likeness (QED) is 0.0786. The number of aromatic hydroxyl groups is 2. The molecule has 0 bridgehead atoms. The van der Waals surface area contributed by atoms with Gasteiger partial charge in [0.15, 0.2) is 0 Å². The monoisotopic (exact) mass is 732 g/mol. The molecule has 246 valence electrons. The van der Waals surface area contributed by atoms with E-state index in [4.69, 9.17) is 46.4 Å². The predicted molar refractivity (Wildman–Crippen MR) is 174 cm³/mol. The molecule has 0 amide bonds. The van der Waals surface area contributed by atoms with Crippen molar-refractivity contribution in [1.82, 2.24) is 0 Å². The van der Waals surface area contributed by atoms with E-state index >= 15 is 0 Å². The van der Waals surface area contributed by atoms with Gasteiger partial charge in [0.25, 0.3) is 0 Å². The number of phenolic OH excluding ortho intramolecular Hbond substituents is 2. The van der Waals surface area contributed by atoms with Crippen LogP contribution in [0.15, 0.2) is 76.9 Å². The van der Waals surface area contributed by atoms with E-state index in [0.29, 0.717) is 16.3 Å². The molecule has 0 spiro atoms. The van der Waals surface area contributed by atoms with Crippen molar-refractivity contribution in [2.75, 3.05) is 10.9 Å². The highest BCUT2D eigenvalue weighted by molar-refractivity contribution is 6.37. The molecule has 0 fully saturated rings. The normalized spacial score (nSPS) is 11.5. The van der Waals surface area contributed by atoms with E-state index in [-0.39, 0.29) is 38.5 Å². The van der Waals surface area contributed by atoms with Crippen LogP contribution in [0.2, 0.25) is 20.1 Å². The number of nitrogens with zero attached hydrogens (tertiary/aromatic N) is 4. The number of hydrogen-bond donors (Lipinski definition) is 4. The van der Waals surface area contributed by atoms with Gasteiger partial charge in [-0.25, -0.2) is 0 Å². The zero-order chi connectivity index (χ0) is 35.1. The Morgan fingerprint density at radius 3 is 1.89 bits per heavy atom. The SMILES string of the molecule is C/C(=N\Nc1ccccc1)c1cc(Cl)cc(Cl)c1O.O=[N+]([O-])c1cc(C(F)(F)F)cc([N+](=O)[O-])c1N/N=C/c1cc(Cl)cc(Cl)c1O. The number of nitrogens with one attached hydrogen (secondary N) is 2. The Morgan fingerprint density at radius 1 is 0.830 bits per heavy atom. The first kappa shape index (κ1) is 36.6. The summed E-state index contributed by atoms with van der Waals surface area (Å²) in [6.07, 6.45) is -4.17. The zero-order valence-electron chi connectivity index (χ0n) is 23.4. The van der Waals surface area contributed by atoms with Gasteiger partial charge in [-0.05, 0) is 43.3 Å². The van der Waals surface area contributed by atoms with Gasteiger partial charge in [-0.1, -0.05) is 64.6 Å². The molecule has 0 heterocycles. The molecule has 12 nitrogen and oxygen atoms in total. The van der Waals surface area contributed by atoms with Gasteiger partial charge in [0.05, 0.1) is 43.1 Å². The summed E-state index contributed by atoms with van der Waals surface area (Å²) in [5.74, 6) is -0.477. The fraction of sp³-hybridized carbons (Fsp3) is 0.0714. The van der Waals surface area contributed by atoms with Crippen molar-refractivity contribution in [3.8, 4) is 11.5 Å². The number of phenols is 2. The van der Waals surface area contributed by atoms with Crippen LogP contribution in [0.3, 0.4) is 0 Å². The molecule has 0 aromatic heterocycles. The van der Waals surface area contributed by atoms with Crippen molar-refractivity contribution in [3.05, 3.63) is 124 Å². The fourth-order valence-corrected chi connectivity index (χ4v) is 4.59. The summed E-state index contributed by atoms with van der Waals surface area (Å²) < 4.78 is 38.6. The van der Waals surface area contributed by atoms with Crippen LogP contribution in [0.4, 0.5) is 35.9 Å². The molecule has 0 radical (unpaired) electrons. The molecule has 4 aromatic carbocycles. The largest absolute Gasteiger partial charge is 0.506 e. The number of para-hydroxylation sites is 1. The van der Waals surface area contributed by atoms with Gasteiger partial charge in [-0.3, -0.25) is 31.1 Å². The van der Waals surface area contributed by atoms with Crippen molar-refractivity contribution in [2.45, 2.75) is 13.1 Å². The lowest BCUT2D eigenvalue weighted by Crippen LogP contribution is -2.09. The van der Waals surface area contributed by atoms with Crippen LogP contribution in [-0.2, 0) is 6.18 Å². The molecule has 47 heavy (non-hydrogen) atoms. The third kappa shape index (κ3) is 9.83. The Labute approximate surface area is 283 Å². The molecule has 19 heteroatoms. The van der Waals surface area contributed by atoms with Crippen LogP contribution >= 0.6 is 46.4 Å². The maximum Gasteiger partial charge on any atom is 0.416 e. The molecule has 0 saturated carbocycles. The van der Waals surface area contributed by atoms with Crippen LogP contribution in [0, 0.1) is 20.2 Å². The van der Waals surface area contributed by atoms with Crippen molar-refractivity contribution < 1.29 is 33.2 Å².